The molecule has 1 heterocycles. The molecule has 1 aromatic rings. The maximum atomic E-state index is 11.4. The fraction of sp³-hybridized carbons (Fsp3) is 0.222. The third-order valence-electron chi connectivity index (χ3n) is 3.10. The minimum absolute atomic E-state index is 0.348. The number of methoxy groups -OCH3 is 1. The molecule has 0 aliphatic carbocycles. The number of rotatable bonds is 6. The van der Waals surface area contributed by atoms with Crippen molar-refractivity contribution in [3.63, 3.8) is 0 Å². The van der Waals surface area contributed by atoms with Crippen LogP contribution in [0.5, 0.6) is 11.5 Å². The quantitative estimate of drug-likeness (QED) is 0.625. The van der Waals surface area contributed by atoms with Crippen LogP contribution >= 0.6 is 11.8 Å². The fourth-order valence-electron chi connectivity index (χ4n) is 1.89. The zero-order valence-corrected chi connectivity index (χ0v) is 14.6. The molecular weight excluding hydrogens is 326 g/mol. The van der Waals surface area contributed by atoms with Crippen LogP contribution in [0.25, 0.3) is 6.08 Å². The first-order chi connectivity index (χ1) is 11.5. The molecule has 1 saturated heterocycles. The zero-order valence-electron chi connectivity index (χ0n) is 13.8. The summed E-state index contributed by atoms with van der Waals surface area (Å²) in [7, 11) is 1.59. The summed E-state index contributed by atoms with van der Waals surface area (Å²) in [5.74, 6) is 0.937. The van der Waals surface area contributed by atoms with E-state index in [-0.39, 0.29) is 11.1 Å². The van der Waals surface area contributed by atoms with E-state index in [2.05, 4.69) is 5.32 Å². The molecule has 6 heteroatoms. The minimum atomic E-state index is -0.366. The van der Waals surface area contributed by atoms with Crippen LogP contribution in [0.15, 0.2) is 46.9 Å². The standard InChI is InChI=1S/C18H19NO4S/c1-12(2)9-10-23-14-8-7-13(11-15(14)22-3)5-4-6-16-17(20)19-18(21)24-16/h4-9,11H,10H2,1-3H3,(H,19,20,21). The number of benzene rings is 1. The van der Waals surface area contributed by atoms with Gasteiger partial charge in [-0.2, -0.15) is 0 Å². The molecule has 0 unspecified atom stereocenters. The molecule has 0 radical (unpaired) electrons. The summed E-state index contributed by atoms with van der Waals surface area (Å²) in [4.78, 5) is 22.9. The van der Waals surface area contributed by atoms with Gasteiger partial charge in [-0.05, 0) is 55.5 Å². The first kappa shape index (κ1) is 17.9. The lowest BCUT2D eigenvalue weighted by molar-refractivity contribution is -0.115. The van der Waals surface area contributed by atoms with Crippen molar-refractivity contribution in [2.45, 2.75) is 13.8 Å². The summed E-state index contributed by atoms with van der Waals surface area (Å²) in [6.45, 7) is 4.51. The number of nitrogens with one attached hydrogen (secondary N) is 1. The zero-order chi connectivity index (χ0) is 17.5. The van der Waals surface area contributed by atoms with E-state index in [1.54, 1.807) is 19.3 Å². The third-order valence-corrected chi connectivity index (χ3v) is 3.93. The van der Waals surface area contributed by atoms with Gasteiger partial charge in [0.15, 0.2) is 11.5 Å². The fourth-order valence-corrected chi connectivity index (χ4v) is 2.52. The summed E-state index contributed by atoms with van der Waals surface area (Å²) in [5.41, 5.74) is 2.09. The third kappa shape index (κ3) is 5.03. The normalized spacial score (nSPS) is 15.7. The van der Waals surface area contributed by atoms with Gasteiger partial charge in [0.25, 0.3) is 11.1 Å². The van der Waals surface area contributed by atoms with Gasteiger partial charge in [0.2, 0.25) is 0 Å². The minimum Gasteiger partial charge on any atom is -0.493 e. The lowest BCUT2D eigenvalue weighted by Crippen LogP contribution is -2.17. The van der Waals surface area contributed by atoms with Crippen LogP contribution in [0.4, 0.5) is 4.79 Å². The monoisotopic (exact) mass is 345 g/mol. The molecule has 0 atom stereocenters. The van der Waals surface area contributed by atoms with Gasteiger partial charge in [0.1, 0.15) is 6.61 Å². The van der Waals surface area contributed by atoms with Gasteiger partial charge >= 0.3 is 0 Å². The number of hydrogen-bond acceptors (Lipinski definition) is 5. The molecule has 1 aliphatic rings. The van der Waals surface area contributed by atoms with E-state index >= 15 is 0 Å². The van der Waals surface area contributed by atoms with E-state index < -0.39 is 0 Å². The number of allylic oxidation sites excluding steroid dienone is 3. The van der Waals surface area contributed by atoms with Gasteiger partial charge in [0, 0.05) is 0 Å². The maximum absolute atomic E-state index is 11.4. The molecular formula is C18H19NO4S. The van der Waals surface area contributed by atoms with Crippen molar-refractivity contribution in [2.75, 3.05) is 13.7 Å². The van der Waals surface area contributed by atoms with Crippen molar-refractivity contribution in [1.29, 1.82) is 0 Å². The Labute approximate surface area is 145 Å². The second kappa shape index (κ2) is 8.40. The Kier molecular flexibility index (Phi) is 6.26. The molecule has 1 aliphatic heterocycles. The average molecular weight is 345 g/mol. The molecule has 5 nitrogen and oxygen atoms in total. The van der Waals surface area contributed by atoms with Gasteiger partial charge in [-0.3, -0.25) is 14.9 Å². The topological polar surface area (TPSA) is 64.6 Å². The number of thioether (sulfide) groups is 1. The lowest BCUT2D eigenvalue weighted by atomic mass is 10.2. The predicted octanol–water partition coefficient (Wildman–Crippen LogP) is 3.92. The largest absolute Gasteiger partial charge is 0.493 e. The molecule has 0 spiro atoms. The van der Waals surface area contributed by atoms with Crippen molar-refractivity contribution in [3.05, 3.63) is 52.5 Å². The highest BCUT2D eigenvalue weighted by Gasteiger charge is 2.24. The van der Waals surface area contributed by atoms with Gasteiger partial charge in [-0.15, -0.1) is 0 Å². The smallest absolute Gasteiger partial charge is 0.290 e. The van der Waals surface area contributed by atoms with Gasteiger partial charge < -0.3 is 9.47 Å². The molecule has 2 rings (SSSR count). The highest BCUT2D eigenvalue weighted by molar-refractivity contribution is 8.18. The number of carbonyl (C=O) groups is 2. The number of imide groups is 1. The number of carbonyl (C=O) groups excluding carboxylic acids is 2. The Morgan fingerprint density at radius 2 is 2.04 bits per heavy atom. The highest BCUT2D eigenvalue weighted by Crippen LogP contribution is 2.29. The molecule has 24 heavy (non-hydrogen) atoms. The number of amides is 2. The van der Waals surface area contributed by atoms with Crippen LogP contribution in [0, 0.1) is 0 Å². The maximum Gasteiger partial charge on any atom is 0.290 e. The Hall–Kier alpha value is -2.47. The van der Waals surface area contributed by atoms with Crippen LogP contribution in [0.1, 0.15) is 19.4 Å². The first-order valence-corrected chi connectivity index (χ1v) is 8.17. The Balaban J connectivity index is 2.07. The summed E-state index contributed by atoms with van der Waals surface area (Å²) < 4.78 is 11.0. The summed E-state index contributed by atoms with van der Waals surface area (Å²) in [6.07, 6.45) is 7.15. The summed E-state index contributed by atoms with van der Waals surface area (Å²) in [5, 5.41) is 1.86. The van der Waals surface area contributed by atoms with Crippen LogP contribution in [0.3, 0.4) is 0 Å². The lowest BCUT2D eigenvalue weighted by Gasteiger charge is -2.10. The van der Waals surface area contributed by atoms with Crippen molar-refractivity contribution in [1.82, 2.24) is 5.32 Å². The SMILES string of the molecule is COc1cc(C=CC=C2SC(=O)NC2=O)ccc1OCC=C(C)C. The Morgan fingerprint density at radius 1 is 1.25 bits per heavy atom. The van der Waals surface area contributed by atoms with E-state index in [1.165, 1.54) is 5.57 Å². The molecule has 0 aromatic heterocycles. The Morgan fingerprint density at radius 3 is 2.67 bits per heavy atom. The van der Waals surface area contributed by atoms with Crippen molar-refractivity contribution in [2.24, 2.45) is 0 Å². The van der Waals surface area contributed by atoms with E-state index in [4.69, 9.17) is 9.47 Å². The van der Waals surface area contributed by atoms with Crippen LogP contribution in [0.2, 0.25) is 0 Å². The van der Waals surface area contributed by atoms with Gasteiger partial charge in [-0.25, -0.2) is 0 Å². The molecule has 1 N–H and O–H groups in total. The predicted molar refractivity (Wildman–Crippen MR) is 96.2 cm³/mol. The molecule has 1 aromatic carbocycles. The van der Waals surface area contributed by atoms with Crippen molar-refractivity contribution >= 4 is 29.0 Å². The first-order valence-electron chi connectivity index (χ1n) is 7.35. The van der Waals surface area contributed by atoms with Gasteiger partial charge in [0.05, 0.1) is 12.0 Å². The molecule has 2 amide bonds. The summed E-state index contributed by atoms with van der Waals surface area (Å²) >= 11 is 0.890. The molecule has 126 valence electrons. The molecule has 1 fully saturated rings. The van der Waals surface area contributed by atoms with Gasteiger partial charge in [-0.1, -0.05) is 23.8 Å². The number of hydrogen-bond donors (Lipinski definition) is 1. The Bertz CT molecular complexity index is 731. The number of ether oxygens (including phenoxy) is 2. The van der Waals surface area contributed by atoms with Crippen LogP contribution < -0.4 is 14.8 Å². The van der Waals surface area contributed by atoms with E-state index in [9.17, 15) is 9.59 Å². The van der Waals surface area contributed by atoms with Crippen LogP contribution in [-0.4, -0.2) is 24.9 Å². The summed E-state index contributed by atoms with van der Waals surface area (Å²) in [6, 6.07) is 5.58. The van der Waals surface area contributed by atoms with E-state index in [0.717, 1.165) is 17.3 Å². The van der Waals surface area contributed by atoms with E-state index in [0.29, 0.717) is 23.0 Å². The molecule has 0 saturated carbocycles. The van der Waals surface area contributed by atoms with Crippen molar-refractivity contribution < 1.29 is 19.1 Å². The van der Waals surface area contributed by atoms with Crippen molar-refractivity contribution in [3.8, 4) is 11.5 Å². The highest BCUT2D eigenvalue weighted by atomic mass is 32.2. The second-order valence-electron chi connectivity index (χ2n) is 5.24. The van der Waals surface area contributed by atoms with Crippen LogP contribution in [-0.2, 0) is 4.79 Å². The average Bonchev–Trinajstić information content (AvgIpc) is 2.85. The van der Waals surface area contributed by atoms with E-state index in [1.807, 2.05) is 44.2 Å². The second-order valence-corrected chi connectivity index (χ2v) is 6.25. The molecule has 0 bridgehead atoms.